The second kappa shape index (κ2) is 4.03. The minimum absolute atomic E-state index is 0.160. The van der Waals surface area contributed by atoms with Gasteiger partial charge in [0.1, 0.15) is 0 Å². The average Bonchev–Trinajstić information content (AvgIpc) is 2.03. The Morgan fingerprint density at radius 3 is 2.54 bits per heavy atom. The molecule has 0 aliphatic rings. The van der Waals surface area contributed by atoms with Gasteiger partial charge in [0, 0.05) is 17.8 Å². The van der Waals surface area contributed by atoms with Gasteiger partial charge in [0.15, 0.2) is 11.5 Å². The zero-order valence-corrected chi connectivity index (χ0v) is 8.16. The van der Waals surface area contributed by atoms with Crippen molar-refractivity contribution in [3.63, 3.8) is 0 Å². The maximum Gasteiger partial charge on any atom is 0.160 e. The predicted molar refractivity (Wildman–Crippen MR) is 53.4 cm³/mol. The van der Waals surface area contributed by atoms with Gasteiger partial charge in [-0.1, -0.05) is 0 Å². The van der Waals surface area contributed by atoms with E-state index in [0.717, 1.165) is 5.69 Å². The number of anilines is 1. The van der Waals surface area contributed by atoms with Gasteiger partial charge in [-0.15, -0.1) is 0 Å². The smallest absolute Gasteiger partial charge is 0.160 e. The molecule has 0 spiro atoms. The van der Waals surface area contributed by atoms with Crippen LogP contribution in [-0.4, -0.2) is 18.3 Å². The predicted octanol–water partition coefficient (Wildman–Crippen LogP) is 2.22. The molecule has 0 bridgehead atoms. The molecule has 3 heteroatoms. The average molecular weight is 181 g/mol. The van der Waals surface area contributed by atoms with Crippen LogP contribution in [0.1, 0.15) is 13.8 Å². The first kappa shape index (κ1) is 9.71. The molecule has 0 aliphatic carbocycles. The van der Waals surface area contributed by atoms with E-state index in [1.807, 2.05) is 19.9 Å². The Morgan fingerprint density at radius 2 is 2.08 bits per heavy atom. The highest BCUT2D eigenvalue weighted by Gasteiger charge is 2.02. The lowest BCUT2D eigenvalue weighted by atomic mass is 10.2. The van der Waals surface area contributed by atoms with Crippen LogP contribution in [0.4, 0.5) is 5.69 Å². The van der Waals surface area contributed by atoms with E-state index in [9.17, 15) is 5.11 Å². The minimum atomic E-state index is 0.160. The number of hydrogen-bond donors (Lipinski definition) is 2. The molecule has 0 heterocycles. The van der Waals surface area contributed by atoms with E-state index in [-0.39, 0.29) is 5.75 Å². The number of methoxy groups -OCH3 is 1. The molecular weight excluding hydrogens is 166 g/mol. The summed E-state index contributed by atoms with van der Waals surface area (Å²) < 4.78 is 4.93. The molecule has 0 radical (unpaired) electrons. The normalized spacial score (nSPS) is 10.2. The molecule has 3 nitrogen and oxygen atoms in total. The Labute approximate surface area is 78.3 Å². The summed E-state index contributed by atoms with van der Waals surface area (Å²) in [6.45, 7) is 4.09. The summed E-state index contributed by atoms with van der Waals surface area (Å²) in [5.74, 6) is 0.655. The maximum absolute atomic E-state index is 9.44. The van der Waals surface area contributed by atoms with Gasteiger partial charge in [-0.3, -0.25) is 0 Å². The van der Waals surface area contributed by atoms with Gasteiger partial charge >= 0.3 is 0 Å². The van der Waals surface area contributed by atoms with E-state index in [4.69, 9.17) is 4.74 Å². The van der Waals surface area contributed by atoms with Crippen LogP contribution in [0, 0.1) is 0 Å². The van der Waals surface area contributed by atoms with Crippen LogP contribution in [0.2, 0.25) is 0 Å². The molecule has 2 N–H and O–H groups in total. The molecular formula is C10H15NO2. The van der Waals surface area contributed by atoms with Gasteiger partial charge in [0.25, 0.3) is 0 Å². The largest absolute Gasteiger partial charge is 0.504 e. The number of ether oxygens (including phenoxy) is 1. The van der Waals surface area contributed by atoms with E-state index >= 15 is 0 Å². The van der Waals surface area contributed by atoms with E-state index in [1.54, 1.807) is 12.1 Å². The van der Waals surface area contributed by atoms with Crippen molar-refractivity contribution < 1.29 is 9.84 Å². The lowest BCUT2D eigenvalue weighted by Crippen LogP contribution is -2.09. The summed E-state index contributed by atoms with van der Waals surface area (Å²) in [6.07, 6.45) is 0. The van der Waals surface area contributed by atoms with Crippen LogP contribution in [0.5, 0.6) is 11.5 Å². The highest BCUT2D eigenvalue weighted by molar-refractivity contribution is 5.54. The second-order valence-corrected chi connectivity index (χ2v) is 3.19. The molecule has 0 fully saturated rings. The Balaban J connectivity index is 2.83. The number of aromatic hydroxyl groups is 1. The lowest BCUT2D eigenvalue weighted by Gasteiger charge is -2.11. The molecule has 1 aromatic carbocycles. The van der Waals surface area contributed by atoms with Gasteiger partial charge < -0.3 is 15.2 Å². The third-order valence-corrected chi connectivity index (χ3v) is 1.63. The van der Waals surface area contributed by atoms with Crippen LogP contribution >= 0.6 is 0 Å². The summed E-state index contributed by atoms with van der Waals surface area (Å²) in [7, 11) is 1.53. The maximum atomic E-state index is 9.44. The van der Waals surface area contributed by atoms with E-state index < -0.39 is 0 Å². The van der Waals surface area contributed by atoms with Crippen molar-refractivity contribution in [2.24, 2.45) is 0 Å². The zero-order chi connectivity index (χ0) is 9.84. The number of phenols is 1. The van der Waals surface area contributed by atoms with Crippen molar-refractivity contribution in [3.05, 3.63) is 18.2 Å². The van der Waals surface area contributed by atoms with Gasteiger partial charge in [0.05, 0.1) is 7.11 Å². The minimum Gasteiger partial charge on any atom is -0.504 e. The van der Waals surface area contributed by atoms with Crippen molar-refractivity contribution in [3.8, 4) is 11.5 Å². The standard InChI is InChI=1S/C10H15NO2/c1-7(2)11-8-4-5-10(13-3)9(12)6-8/h4-7,11-12H,1-3H3. The summed E-state index contributed by atoms with van der Waals surface area (Å²) in [5, 5.41) is 12.6. The molecule has 0 atom stereocenters. The number of phenolic OH excluding ortho intramolecular Hbond substituents is 1. The molecule has 72 valence electrons. The molecule has 13 heavy (non-hydrogen) atoms. The van der Waals surface area contributed by atoms with Crippen LogP contribution in [0.15, 0.2) is 18.2 Å². The first-order valence-corrected chi connectivity index (χ1v) is 4.27. The fourth-order valence-electron chi connectivity index (χ4n) is 1.11. The number of rotatable bonds is 3. The van der Waals surface area contributed by atoms with Crippen molar-refractivity contribution in [1.29, 1.82) is 0 Å². The molecule has 0 saturated carbocycles. The first-order valence-electron chi connectivity index (χ1n) is 4.27. The van der Waals surface area contributed by atoms with E-state index in [2.05, 4.69) is 5.32 Å². The third-order valence-electron chi connectivity index (χ3n) is 1.63. The summed E-state index contributed by atoms with van der Waals surface area (Å²) in [6, 6.07) is 5.62. The van der Waals surface area contributed by atoms with Crippen LogP contribution < -0.4 is 10.1 Å². The SMILES string of the molecule is COc1ccc(NC(C)C)cc1O. The molecule has 1 rings (SSSR count). The molecule has 0 aliphatic heterocycles. The van der Waals surface area contributed by atoms with Crippen LogP contribution in [0.3, 0.4) is 0 Å². The van der Waals surface area contributed by atoms with Gasteiger partial charge in [-0.05, 0) is 26.0 Å². The number of hydrogen-bond acceptors (Lipinski definition) is 3. The number of nitrogens with one attached hydrogen (secondary N) is 1. The monoisotopic (exact) mass is 181 g/mol. The van der Waals surface area contributed by atoms with Crippen LogP contribution in [-0.2, 0) is 0 Å². The van der Waals surface area contributed by atoms with E-state index in [1.165, 1.54) is 7.11 Å². The summed E-state index contributed by atoms with van der Waals surface area (Å²) in [4.78, 5) is 0. The van der Waals surface area contributed by atoms with Crippen molar-refractivity contribution in [2.45, 2.75) is 19.9 Å². The quantitative estimate of drug-likeness (QED) is 0.751. The Morgan fingerprint density at radius 1 is 1.38 bits per heavy atom. The first-order chi connectivity index (χ1) is 6.13. The van der Waals surface area contributed by atoms with Crippen molar-refractivity contribution in [2.75, 3.05) is 12.4 Å². The topological polar surface area (TPSA) is 41.5 Å². The van der Waals surface area contributed by atoms with Crippen LogP contribution in [0.25, 0.3) is 0 Å². The van der Waals surface area contributed by atoms with Crippen molar-refractivity contribution in [1.82, 2.24) is 0 Å². The second-order valence-electron chi connectivity index (χ2n) is 3.19. The van der Waals surface area contributed by atoms with Gasteiger partial charge in [-0.25, -0.2) is 0 Å². The summed E-state index contributed by atoms with van der Waals surface area (Å²) >= 11 is 0. The Bertz CT molecular complexity index is 284. The summed E-state index contributed by atoms with van der Waals surface area (Å²) in [5.41, 5.74) is 0.897. The highest BCUT2D eigenvalue weighted by Crippen LogP contribution is 2.28. The van der Waals surface area contributed by atoms with Gasteiger partial charge in [-0.2, -0.15) is 0 Å². The van der Waals surface area contributed by atoms with Crippen molar-refractivity contribution >= 4 is 5.69 Å². The highest BCUT2D eigenvalue weighted by atomic mass is 16.5. The Hall–Kier alpha value is -1.38. The zero-order valence-electron chi connectivity index (χ0n) is 8.16. The molecule has 1 aromatic rings. The lowest BCUT2D eigenvalue weighted by molar-refractivity contribution is 0.373. The van der Waals surface area contributed by atoms with E-state index in [0.29, 0.717) is 11.8 Å². The molecule has 0 amide bonds. The third kappa shape index (κ3) is 2.54. The molecule has 0 unspecified atom stereocenters. The fourth-order valence-corrected chi connectivity index (χ4v) is 1.11. The molecule has 0 aromatic heterocycles. The number of benzene rings is 1. The molecule has 0 saturated heterocycles. The fraction of sp³-hybridized carbons (Fsp3) is 0.400. The van der Waals surface area contributed by atoms with Gasteiger partial charge in [0.2, 0.25) is 0 Å². The Kier molecular flexibility index (Phi) is 3.01.